The predicted molar refractivity (Wildman–Crippen MR) is 319 cm³/mol. The number of nitro groups is 1. The van der Waals surface area contributed by atoms with E-state index in [0.29, 0.717) is 5.69 Å². The second-order valence-electron chi connectivity index (χ2n) is 19.3. The number of non-ortho nitro benzene ring substituents is 1. The van der Waals surface area contributed by atoms with E-state index in [-0.39, 0.29) is 5.69 Å². The Balaban J connectivity index is 0.755. The van der Waals surface area contributed by atoms with Crippen molar-refractivity contribution in [2.75, 3.05) is 55.2 Å². The van der Waals surface area contributed by atoms with Crippen LogP contribution < -0.4 is 52.8 Å². The maximum atomic E-state index is 11.1. The predicted octanol–water partition coefficient (Wildman–Crippen LogP) is 17.7. The zero-order chi connectivity index (χ0) is 53.5. The normalized spacial score (nSPS) is 10.8. The van der Waals surface area contributed by atoms with Crippen LogP contribution in [0.1, 0.15) is 44.5 Å². The van der Waals surface area contributed by atoms with E-state index in [0.717, 1.165) is 136 Å². The smallest absolute Gasteiger partial charge is 0.271 e. The number of nitrogens with zero attached hydrogens (tertiary/aromatic N) is 1. The molecule has 0 radical (unpaired) electrons. The van der Waals surface area contributed by atoms with Gasteiger partial charge in [-0.25, -0.2) is 0 Å². The van der Waals surface area contributed by atoms with E-state index in [9.17, 15) is 10.1 Å². The molecule has 0 saturated heterocycles. The fraction of sp³-hybridized carbons (Fsp3) is 0.143. The minimum atomic E-state index is -0.412. The maximum Gasteiger partial charge on any atom is 0.271 e. The Morgan fingerprint density at radius 2 is 0.566 bits per heavy atom. The summed E-state index contributed by atoms with van der Waals surface area (Å²) in [6.07, 6.45) is 0. The molecule has 0 bridgehead atoms. The summed E-state index contributed by atoms with van der Waals surface area (Å²) in [6, 6.07) is 56.7. The fourth-order valence-corrected chi connectivity index (χ4v) is 9.06. The SMILES string of the molecule is COc1ccc(Nc2ccc(Nc3ccc(Nc4ccc(Nc5ccc(Nc6ccc(Nc7ccc(Nc8ccc(NNc9cccc([N+](=O)[O-])c9)cc8C)cc7C)cc6C)cc5C)cc4C)cc3C)cc2C)cc1C. The first-order valence-corrected chi connectivity index (χ1v) is 25.2. The first kappa shape index (κ1) is 51.3. The molecule has 9 rings (SSSR count). The molecular formula is C63H64N10O3. The van der Waals surface area contributed by atoms with Crippen molar-refractivity contribution in [3.8, 4) is 5.75 Å². The summed E-state index contributed by atoms with van der Waals surface area (Å²) in [4.78, 5) is 10.7. The number of hydrogen-bond acceptors (Lipinski definition) is 12. The maximum absolute atomic E-state index is 11.1. The van der Waals surface area contributed by atoms with Crippen LogP contribution in [-0.2, 0) is 0 Å². The van der Waals surface area contributed by atoms with Crippen LogP contribution in [0.2, 0.25) is 0 Å². The Morgan fingerprint density at radius 1 is 0.316 bits per heavy atom. The van der Waals surface area contributed by atoms with Crippen molar-refractivity contribution in [1.82, 2.24) is 0 Å². The topological polar surface area (TPSA) is 161 Å². The van der Waals surface area contributed by atoms with E-state index in [4.69, 9.17) is 4.74 Å². The Morgan fingerprint density at radius 3 is 0.829 bits per heavy atom. The van der Waals surface area contributed by atoms with E-state index >= 15 is 0 Å². The Kier molecular flexibility index (Phi) is 15.3. The van der Waals surface area contributed by atoms with Gasteiger partial charge in [0.15, 0.2) is 0 Å². The number of anilines is 16. The molecule has 0 aliphatic carbocycles. The highest BCUT2D eigenvalue weighted by atomic mass is 16.6. The van der Waals surface area contributed by atoms with E-state index in [1.165, 1.54) is 12.1 Å². The molecule has 9 N–H and O–H groups in total. The molecule has 9 aromatic rings. The van der Waals surface area contributed by atoms with Gasteiger partial charge in [-0.2, -0.15) is 0 Å². The van der Waals surface area contributed by atoms with Crippen molar-refractivity contribution < 1.29 is 9.66 Å². The van der Waals surface area contributed by atoms with Gasteiger partial charge in [0.25, 0.3) is 5.69 Å². The molecule has 9 aromatic carbocycles. The lowest BCUT2D eigenvalue weighted by Gasteiger charge is -2.17. The highest BCUT2D eigenvalue weighted by molar-refractivity contribution is 5.78. The van der Waals surface area contributed by atoms with Gasteiger partial charge in [0.05, 0.1) is 23.4 Å². The zero-order valence-electron chi connectivity index (χ0n) is 44.3. The van der Waals surface area contributed by atoms with Crippen molar-refractivity contribution in [2.45, 2.75) is 55.4 Å². The van der Waals surface area contributed by atoms with E-state index in [1.807, 2.05) is 44.2 Å². The molecule has 0 heterocycles. The van der Waals surface area contributed by atoms with Crippen LogP contribution in [0.5, 0.6) is 5.75 Å². The average molecular weight is 1010 g/mol. The lowest BCUT2D eigenvalue weighted by Crippen LogP contribution is -2.09. The second kappa shape index (κ2) is 22.7. The molecule has 13 nitrogen and oxygen atoms in total. The Hall–Kier alpha value is -9.62. The Labute approximate surface area is 445 Å². The van der Waals surface area contributed by atoms with Crippen LogP contribution in [0.3, 0.4) is 0 Å². The van der Waals surface area contributed by atoms with Crippen molar-refractivity contribution >= 4 is 96.7 Å². The van der Waals surface area contributed by atoms with Gasteiger partial charge in [0.2, 0.25) is 0 Å². The molecule has 0 atom stereocenters. The van der Waals surface area contributed by atoms with Gasteiger partial charge in [-0.3, -0.25) is 10.1 Å². The number of hydrazine groups is 1. The van der Waals surface area contributed by atoms with E-state index < -0.39 is 4.92 Å². The van der Waals surface area contributed by atoms with Crippen molar-refractivity contribution in [3.63, 3.8) is 0 Å². The average Bonchev–Trinajstić information content (AvgIpc) is 3.39. The standard InChI is InChI=1S/C63H64N10O3/c1-38-29-47(65-58-23-15-49(31-40(58)3)67-60-25-17-51(33-42(60)5)69-62-27-19-54(35-44(62)7)72-71-53-11-10-12-55(37-53)73(74)75)13-21-56(38)64-46-14-22-57(39(2)30-46)66-48-16-24-59(41(4)32-48)68-50-18-26-61(43(6)34-50)70-52-20-28-63(76-9)45(8)36-52/h10-37,64-72H,1-9H3. The highest BCUT2D eigenvalue weighted by Gasteiger charge is 2.12. The molecule has 0 amide bonds. The molecule has 0 aliphatic rings. The van der Waals surface area contributed by atoms with Gasteiger partial charge in [-0.15, -0.1) is 0 Å². The van der Waals surface area contributed by atoms with Crippen molar-refractivity contribution in [2.24, 2.45) is 0 Å². The minimum absolute atomic E-state index is 0.0268. The summed E-state index contributed by atoms with van der Waals surface area (Å²) in [5.74, 6) is 0.878. The monoisotopic (exact) mass is 1010 g/mol. The van der Waals surface area contributed by atoms with Crippen LogP contribution >= 0.6 is 0 Å². The van der Waals surface area contributed by atoms with Gasteiger partial charge >= 0.3 is 0 Å². The van der Waals surface area contributed by atoms with E-state index in [2.05, 4.69) is 205 Å². The third-order valence-corrected chi connectivity index (χ3v) is 13.3. The summed E-state index contributed by atoms with van der Waals surface area (Å²) >= 11 is 0. The molecule has 0 saturated carbocycles. The van der Waals surface area contributed by atoms with Gasteiger partial charge in [-0.05, 0) is 252 Å². The molecule has 384 valence electrons. The highest BCUT2D eigenvalue weighted by Crippen LogP contribution is 2.35. The van der Waals surface area contributed by atoms with Crippen LogP contribution in [0, 0.1) is 65.5 Å². The van der Waals surface area contributed by atoms with Gasteiger partial charge in [0, 0.05) is 91.8 Å². The van der Waals surface area contributed by atoms with Crippen LogP contribution in [0.4, 0.5) is 96.7 Å². The summed E-state index contributed by atoms with van der Waals surface area (Å²) < 4.78 is 5.42. The quantitative estimate of drug-likeness (QED) is 0.0279. The summed E-state index contributed by atoms with van der Waals surface area (Å²) in [6.45, 7) is 16.8. The Bertz CT molecular complexity index is 3610. The third kappa shape index (κ3) is 12.6. The number of ether oxygens (including phenoxy) is 1. The first-order chi connectivity index (χ1) is 36.6. The lowest BCUT2D eigenvalue weighted by molar-refractivity contribution is -0.384. The van der Waals surface area contributed by atoms with Gasteiger partial charge in [0.1, 0.15) is 5.75 Å². The zero-order valence-corrected chi connectivity index (χ0v) is 44.3. The molecule has 0 aromatic heterocycles. The van der Waals surface area contributed by atoms with Crippen LogP contribution in [0.25, 0.3) is 0 Å². The van der Waals surface area contributed by atoms with Crippen molar-refractivity contribution in [1.29, 1.82) is 0 Å². The first-order valence-electron chi connectivity index (χ1n) is 25.2. The summed E-state index contributed by atoms with van der Waals surface area (Å²) in [5.41, 5.74) is 30.8. The largest absolute Gasteiger partial charge is 0.496 e. The number of benzene rings is 9. The number of methoxy groups -OCH3 is 1. The van der Waals surface area contributed by atoms with Crippen LogP contribution in [-0.4, -0.2) is 12.0 Å². The van der Waals surface area contributed by atoms with Crippen molar-refractivity contribution in [3.05, 3.63) is 224 Å². The second-order valence-corrected chi connectivity index (χ2v) is 19.3. The van der Waals surface area contributed by atoms with E-state index in [1.54, 1.807) is 19.2 Å². The molecular weight excluding hydrogens is 945 g/mol. The van der Waals surface area contributed by atoms with Crippen LogP contribution in [0.15, 0.2) is 170 Å². The third-order valence-electron chi connectivity index (χ3n) is 13.3. The number of nitro benzene ring substituents is 1. The van der Waals surface area contributed by atoms with Gasteiger partial charge < -0.3 is 52.8 Å². The van der Waals surface area contributed by atoms with Gasteiger partial charge in [-0.1, -0.05) is 6.07 Å². The lowest BCUT2D eigenvalue weighted by atomic mass is 10.1. The number of rotatable bonds is 19. The number of nitrogens with one attached hydrogen (secondary N) is 9. The fourth-order valence-electron chi connectivity index (χ4n) is 9.06. The molecule has 0 aliphatic heterocycles. The number of hydrogen-bond donors (Lipinski definition) is 9. The molecule has 0 fully saturated rings. The molecule has 13 heteroatoms. The number of aryl methyl sites for hydroxylation is 8. The minimum Gasteiger partial charge on any atom is -0.496 e. The summed E-state index contributed by atoms with van der Waals surface area (Å²) in [5, 5.41) is 36.3. The molecule has 0 spiro atoms. The summed E-state index contributed by atoms with van der Waals surface area (Å²) in [7, 11) is 1.69. The molecule has 76 heavy (non-hydrogen) atoms. The molecule has 0 unspecified atom stereocenters.